The molecule has 0 saturated heterocycles. The molecule has 0 radical (unpaired) electrons. The van der Waals surface area contributed by atoms with Crippen LogP contribution in [0.1, 0.15) is 12.8 Å². The Labute approximate surface area is 91.8 Å². The lowest BCUT2D eigenvalue weighted by atomic mass is 10.2. The number of nitrogen functional groups attached to an aromatic ring is 1. The van der Waals surface area contributed by atoms with E-state index >= 15 is 0 Å². The number of nitrogens with zero attached hydrogens (tertiary/aromatic N) is 1. The van der Waals surface area contributed by atoms with Gasteiger partial charge < -0.3 is 15.4 Å². The summed E-state index contributed by atoms with van der Waals surface area (Å²) in [5.41, 5.74) is 7.65. The van der Waals surface area contributed by atoms with Crippen molar-refractivity contribution in [3.63, 3.8) is 0 Å². The lowest BCUT2D eigenvalue weighted by Crippen LogP contribution is -2.18. The molecule has 0 aliphatic heterocycles. The molecular formula is C12H20N2O. The monoisotopic (exact) mass is 208 g/mol. The van der Waals surface area contributed by atoms with E-state index in [1.807, 2.05) is 24.3 Å². The van der Waals surface area contributed by atoms with E-state index in [4.69, 9.17) is 10.5 Å². The Hall–Kier alpha value is -1.22. The predicted octanol–water partition coefficient (Wildman–Crippen LogP) is 2.13. The van der Waals surface area contributed by atoms with Crippen LogP contribution in [0.5, 0.6) is 0 Å². The minimum absolute atomic E-state index is 0.812. The smallest absolute Gasteiger partial charge is 0.0462 e. The Balaban J connectivity index is 2.33. The van der Waals surface area contributed by atoms with E-state index in [9.17, 15) is 0 Å². The normalized spacial score (nSPS) is 10.3. The topological polar surface area (TPSA) is 38.5 Å². The molecule has 0 spiro atoms. The van der Waals surface area contributed by atoms with Crippen LogP contribution < -0.4 is 10.6 Å². The number of hydrogen-bond donors (Lipinski definition) is 1. The molecule has 0 unspecified atom stereocenters. The molecule has 0 atom stereocenters. The molecule has 3 nitrogen and oxygen atoms in total. The van der Waals surface area contributed by atoms with Crippen LogP contribution in [0.2, 0.25) is 0 Å². The molecule has 3 heteroatoms. The first-order valence-electron chi connectivity index (χ1n) is 5.29. The van der Waals surface area contributed by atoms with Gasteiger partial charge in [0, 0.05) is 38.7 Å². The van der Waals surface area contributed by atoms with Crippen LogP contribution in [0, 0.1) is 0 Å². The minimum atomic E-state index is 0.812. The van der Waals surface area contributed by atoms with Crippen LogP contribution in [0.4, 0.5) is 11.4 Å². The van der Waals surface area contributed by atoms with Gasteiger partial charge in [0.1, 0.15) is 0 Å². The molecular weight excluding hydrogens is 188 g/mol. The van der Waals surface area contributed by atoms with E-state index in [0.717, 1.165) is 31.7 Å². The lowest BCUT2D eigenvalue weighted by molar-refractivity contribution is 0.193. The standard InChI is InChI=1S/C12H20N2O/c1-14(9-3-4-10-15-2)12-7-5-11(13)6-8-12/h5-8H,3-4,9-10,13H2,1-2H3. The Morgan fingerprint density at radius 2 is 1.87 bits per heavy atom. The summed E-state index contributed by atoms with van der Waals surface area (Å²) in [6, 6.07) is 7.96. The average Bonchev–Trinajstić information content (AvgIpc) is 2.25. The van der Waals surface area contributed by atoms with E-state index in [1.54, 1.807) is 7.11 Å². The number of hydrogen-bond acceptors (Lipinski definition) is 3. The summed E-state index contributed by atoms with van der Waals surface area (Å²) in [6.45, 7) is 1.89. The van der Waals surface area contributed by atoms with Gasteiger partial charge in [0.2, 0.25) is 0 Å². The van der Waals surface area contributed by atoms with Gasteiger partial charge in [0.25, 0.3) is 0 Å². The first kappa shape index (κ1) is 11.9. The number of nitrogens with two attached hydrogens (primary N) is 1. The van der Waals surface area contributed by atoms with Crippen LogP contribution in [-0.2, 0) is 4.74 Å². The Morgan fingerprint density at radius 1 is 1.20 bits per heavy atom. The molecule has 1 aromatic carbocycles. The fourth-order valence-electron chi connectivity index (χ4n) is 1.45. The van der Waals surface area contributed by atoms with Gasteiger partial charge in [-0.15, -0.1) is 0 Å². The maximum Gasteiger partial charge on any atom is 0.0462 e. The number of methoxy groups -OCH3 is 1. The van der Waals surface area contributed by atoms with Crippen molar-refractivity contribution >= 4 is 11.4 Å². The summed E-state index contributed by atoms with van der Waals surface area (Å²) >= 11 is 0. The highest BCUT2D eigenvalue weighted by Crippen LogP contribution is 2.14. The number of benzene rings is 1. The maximum atomic E-state index is 5.63. The number of ether oxygens (including phenoxy) is 1. The van der Waals surface area contributed by atoms with Gasteiger partial charge in [0.05, 0.1) is 0 Å². The zero-order chi connectivity index (χ0) is 11.1. The van der Waals surface area contributed by atoms with Crippen molar-refractivity contribution in [2.24, 2.45) is 0 Å². The molecule has 15 heavy (non-hydrogen) atoms. The fraction of sp³-hybridized carbons (Fsp3) is 0.500. The Morgan fingerprint density at radius 3 is 2.47 bits per heavy atom. The zero-order valence-electron chi connectivity index (χ0n) is 9.57. The number of anilines is 2. The largest absolute Gasteiger partial charge is 0.399 e. The van der Waals surface area contributed by atoms with Crippen molar-refractivity contribution in [3.8, 4) is 0 Å². The second kappa shape index (κ2) is 6.30. The van der Waals surface area contributed by atoms with Gasteiger partial charge in [-0.1, -0.05) is 0 Å². The molecule has 0 bridgehead atoms. The van der Waals surface area contributed by atoms with Crippen molar-refractivity contribution in [2.45, 2.75) is 12.8 Å². The van der Waals surface area contributed by atoms with Gasteiger partial charge in [-0.3, -0.25) is 0 Å². The van der Waals surface area contributed by atoms with Crippen LogP contribution >= 0.6 is 0 Å². The van der Waals surface area contributed by atoms with Crippen molar-refractivity contribution in [1.29, 1.82) is 0 Å². The highest BCUT2D eigenvalue weighted by atomic mass is 16.5. The molecule has 0 saturated carbocycles. The van der Waals surface area contributed by atoms with E-state index in [2.05, 4.69) is 11.9 Å². The summed E-state index contributed by atoms with van der Waals surface area (Å²) in [6.07, 6.45) is 2.25. The summed E-state index contributed by atoms with van der Waals surface area (Å²) in [7, 11) is 3.84. The molecule has 2 N–H and O–H groups in total. The van der Waals surface area contributed by atoms with E-state index in [1.165, 1.54) is 5.69 Å². The van der Waals surface area contributed by atoms with Crippen LogP contribution in [0.3, 0.4) is 0 Å². The molecule has 0 aromatic heterocycles. The summed E-state index contributed by atoms with van der Waals surface area (Å²) < 4.78 is 5.01. The average molecular weight is 208 g/mol. The quantitative estimate of drug-likeness (QED) is 0.575. The highest BCUT2D eigenvalue weighted by Gasteiger charge is 1.99. The van der Waals surface area contributed by atoms with Gasteiger partial charge in [0.15, 0.2) is 0 Å². The third-order valence-electron chi connectivity index (χ3n) is 2.43. The first-order valence-corrected chi connectivity index (χ1v) is 5.29. The van der Waals surface area contributed by atoms with E-state index < -0.39 is 0 Å². The molecule has 1 aromatic rings. The SMILES string of the molecule is COCCCCN(C)c1ccc(N)cc1. The van der Waals surface area contributed by atoms with E-state index in [-0.39, 0.29) is 0 Å². The Bertz CT molecular complexity index is 271. The van der Waals surface area contributed by atoms with Crippen LogP contribution in [0.15, 0.2) is 24.3 Å². The predicted molar refractivity (Wildman–Crippen MR) is 65.2 cm³/mol. The van der Waals surface area contributed by atoms with Crippen molar-refractivity contribution in [2.75, 3.05) is 37.9 Å². The number of unbranched alkanes of at least 4 members (excludes halogenated alkanes) is 1. The fourth-order valence-corrected chi connectivity index (χ4v) is 1.45. The third-order valence-corrected chi connectivity index (χ3v) is 2.43. The van der Waals surface area contributed by atoms with Crippen molar-refractivity contribution in [3.05, 3.63) is 24.3 Å². The molecule has 0 heterocycles. The Kier molecular flexibility index (Phi) is 4.98. The molecule has 0 fully saturated rings. The zero-order valence-corrected chi connectivity index (χ0v) is 9.57. The second-order valence-electron chi connectivity index (χ2n) is 3.71. The molecule has 84 valence electrons. The second-order valence-corrected chi connectivity index (χ2v) is 3.71. The van der Waals surface area contributed by atoms with Gasteiger partial charge in [-0.25, -0.2) is 0 Å². The highest BCUT2D eigenvalue weighted by molar-refractivity contribution is 5.52. The van der Waals surface area contributed by atoms with Crippen LogP contribution in [0.25, 0.3) is 0 Å². The van der Waals surface area contributed by atoms with Crippen molar-refractivity contribution in [1.82, 2.24) is 0 Å². The molecule has 1 rings (SSSR count). The van der Waals surface area contributed by atoms with Gasteiger partial charge in [-0.05, 0) is 37.1 Å². The van der Waals surface area contributed by atoms with Gasteiger partial charge >= 0.3 is 0 Å². The third kappa shape index (κ3) is 4.21. The van der Waals surface area contributed by atoms with Crippen LogP contribution in [-0.4, -0.2) is 27.3 Å². The van der Waals surface area contributed by atoms with E-state index in [0.29, 0.717) is 0 Å². The molecule has 0 aliphatic carbocycles. The molecule has 0 aliphatic rings. The van der Waals surface area contributed by atoms with Crippen molar-refractivity contribution < 1.29 is 4.74 Å². The van der Waals surface area contributed by atoms with Gasteiger partial charge in [-0.2, -0.15) is 0 Å². The number of rotatable bonds is 6. The summed E-state index contributed by atoms with van der Waals surface area (Å²) in [5, 5.41) is 0. The summed E-state index contributed by atoms with van der Waals surface area (Å²) in [5.74, 6) is 0. The maximum absolute atomic E-state index is 5.63. The first-order chi connectivity index (χ1) is 7.24. The minimum Gasteiger partial charge on any atom is -0.399 e. The lowest BCUT2D eigenvalue weighted by Gasteiger charge is -2.19. The molecule has 0 amide bonds. The summed E-state index contributed by atoms with van der Waals surface area (Å²) in [4.78, 5) is 2.23.